The highest BCUT2D eigenvalue weighted by Gasteiger charge is 2.33. The average molecular weight is 403 g/mol. The van der Waals surface area contributed by atoms with Crippen molar-refractivity contribution in [2.45, 2.75) is 12.5 Å². The number of hydrogen-bond donors (Lipinski definition) is 0. The van der Waals surface area contributed by atoms with Crippen LogP contribution < -0.4 is 4.74 Å². The number of sulfone groups is 1. The normalized spacial score (nSPS) is 17.7. The molecule has 0 unspecified atom stereocenters. The van der Waals surface area contributed by atoms with E-state index in [0.717, 1.165) is 0 Å². The highest BCUT2D eigenvalue weighted by Crippen LogP contribution is 2.25. The van der Waals surface area contributed by atoms with Crippen molar-refractivity contribution >= 4 is 21.7 Å². The fraction of sp³-hybridized carbons (Fsp3) is 0.300. The first-order valence-electron chi connectivity index (χ1n) is 8.81. The summed E-state index contributed by atoms with van der Waals surface area (Å²) in [6.45, 7) is -0.467. The number of nitrogens with zero attached hydrogens (tertiary/aromatic N) is 1. The van der Waals surface area contributed by atoms with E-state index in [0.29, 0.717) is 17.9 Å². The molecule has 28 heavy (non-hydrogen) atoms. The maximum atomic E-state index is 12.4. The molecule has 0 N–H and O–H groups in total. The van der Waals surface area contributed by atoms with Crippen LogP contribution in [0.5, 0.6) is 11.5 Å². The summed E-state index contributed by atoms with van der Waals surface area (Å²) < 4.78 is 34.0. The fourth-order valence-electron chi connectivity index (χ4n) is 2.93. The minimum atomic E-state index is -3.10. The van der Waals surface area contributed by atoms with Gasteiger partial charge in [0.2, 0.25) is 0 Å². The van der Waals surface area contributed by atoms with Crippen molar-refractivity contribution in [3.63, 3.8) is 0 Å². The molecule has 0 spiro atoms. The second-order valence-electron chi connectivity index (χ2n) is 6.55. The van der Waals surface area contributed by atoms with Gasteiger partial charge in [-0.3, -0.25) is 4.79 Å². The predicted octanol–water partition coefficient (Wildman–Crippen LogP) is 2.28. The van der Waals surface area contributed by atoms with Crippen molar-refractivity contribution in [3.05, 3.63) is 60.2 Å². The number of hydrogen-bond acceptors (Lipinski definition) is 6. The summed E-state index contributed by atoms with van der Waals surface area (Å²) in [5, 5.41) is 0. The van der Waals surface area contributed by atoms with Crippen molar-refractivity contribution in [1.29, 1.82) is 0 Å². The third-order valence-electron chi connectivity index (χ3n) is 4.55. The Morgan fingerprint density at radius 2 is 1.75 bits per heavy atom. The Balaban J connectivity index is 1.61. The van der Waals surface area contributed by atoms with E-state index in [1.807, 2.05) is 18.2 Å². The van der Waals surface area contributed by atoms with E-state index < -0.39 is 28.3 Å². The van der Waals surface area contributed by atoms with Crippen LogP contribution in [0.3, 0.4) is 0 Å². The Kier molecular flexibility index (Phi) is 5.99. The standard InChI is InChI=1S/C20H21NO6S/c1-21(15-11-12-28(24,25)14-15)19(22)13-26-20(23)17-9-5-6-10-18(17)27-16-7-3-2-4-8-16/h2-10,15H,11-14H2,1H3/t15-/m1/s1. The largest absolute Gasteiger partial charge is 0.456 e. The summed E-state index contributed by atoms with van der Waals surface area (Å²) in [5.41, 5.74) is 0.199. The first-order chi connectivity index (χ1) is 13.4. The van der Waals surface area contributed by atoms with E-state index in [-0.39, 0.29) is 23.1 Å². The van der Waals surface area contributed by atoms with Crippen molar-refractivity contribution in [2.75, 3.05) is 25.2 Å². The molecule has 1 amide bonds. The molecule has 7 nitrogen and oxygen atoms in total. The quantitative estimate of drug-likeness (QED) is 0.688. The highest BCUT2D eigenvalue weighted by atomic mass is 32.2. The molecule has 1 heterocycles. The van der Waals surface area contributed by atoms with E-state index >= 15 is 0 Å². The molecule has 0 aromatic heterocycles. The fourth-order valence-corrected chi connectivity index (χ4v) is 4.71. The number of amides is 1. The number of para-hydroxylation sites is 2. The van der Waals surface area contributed by atoms with E-state index in [2.05, 4.69) is 0 Å². The maximum absolute atomic E-state index is 12.4. The van der Waals surface area contributed by atoms with Crippen molar-refractivity contribution < 1.29 is 27.5 Å². The number of carbonyl (C=O) groups is 2. The molecule has 1 fully saturated rings. The van der Waals surface area contributed by atoms with E-state index in [1.165, 1.54) is 11.9 Å². The van der Waals surface area contributed by atoms with Crippen molar-refractivity contribution in [2.24, 2.45) is 0 Å². The summed E-state index contributed by atoms with van der Waals surface area (Å²) in [4.78, 5) is 26.1. The van der Waals surface area contributed by atoms with Gasteiger partial charge >= 0.3 is 5.97 Å². The molecule has 0 radical (unpaired) electrons. The molecule has 0 aliphatic carbocycles. The summed E-state index contributed by atoms with van der Waals surface area (Å²) in [6, 6.07) is 15.2. The molecule has 1 saturated heterocycles. The topological polar surface area (TPSA) is 90.0 Å². The molecule has 0 bridgehead atoms. The third kappa shape index (κ3) is 4.89. The first kappa shape index (κ1) is 19.9. The molecule has 1 aliphatic heterocycles. The smallest absolute Gasteiger partial charge is 0.342 e. The van der Waals surface area contributed by atoms with Gasteiger partial charge in [0.1, 0.15) is 17.1 Å². The lowest BCUT2D eigenvalue weighted by Crippen LogP contribution is -2.40. The van der Waals surface area contributed by atoms with Crippen molar-refractivity contribution in [1.82, 2.24) is 4.90 Å². The monoisotopic (exact) mass is 403 g/mol. The second-order valence-corrected chi connectivity index (χ2v) is 8.78. The van der Waals surface area contributed by atoms with Gasteiger partial charge in [-0.05, 0) is 30.7 Å². The molecule has 2 aromatic carbocycles. The van der Waals surface area contributed by atoms with Gasteiger partial charge in [0, 0.05) is 13.1 Å². The SMILES string of the molecule is CN(C(=O)COC(=O)c1ccccc1Oc1ccccc1)[C@@H]1CCS(=O)(=O)C1. The molecule has 1 atom stereocenters. The molecule has 2 aromatic rings. The molecule has 1 aliphatic rings. The van der Waals surface area contributed by atoms with Crippen LogP contribution >= 0.6 is 0 Å². The van der Waals surface area contributed by atoms with E-state index in [1.54, 1.807) is 36.4 Å². The maximum Gasteiger partial charge on any atom is 0.342 e. The van der Waals surface area contributed by atoms with Crippen LogP contribution in [0.25, 0.3) is 0 Å². The number of ether oxygens (including phenoxy) is 2. The average Bonchev–Trinajstić information content (AvgIpc) is 3.06. The minimum Gasteiger partial charge on any atom is -0.456 e. The Labute approximate surface area is 163 Å². The van der Waals surface area contributed by atoms with Gasteiger partial charge < -0.3 is 14.4 Å². The molecule has 0 saturated carbocycles. The molecular formula is C20H21NO6S. The zero-order valence-corrected chi connectivity index (χ0v) is 16.2. The third-order valence-corrected chi connectivity index (χ3v) is 6.30. The summed E-state index contributed by atoms with van der Waals surface area (Å²) in [7, 11) is -1.58. The van der Waals surface area contributed by atoms with Crippen molar-refractivity contribution in [3.8, 4) is 11.5 Å². The number of benzene rings is 2. The van der Waals surface area contributed by atoms with Gasteiger partial charge in [0.15, 0.2) is 16.4 Å². The number of esters is 1. The van der Waals surface area contributed by atoms with Crippen LogP contribution in [-0.4, -0.2) is 56.4 Å². The molecular weight excluding hydrogens is 382 g/mol. The van der Waals surface area contributed by atoms with Crippen LogP contribution in [-0.2, 0) is 19.4 Å². The number of likely N-dealkylation sites (N-methyl/N-ethyl adjacent to an activating group) is 1. The van der Waals surface area contributed by atoms with Crippen LogP contribution in [0.2, 0.25) is 0 Å². The Bertz CT molecular complexity index is 958. The van der Waals surface area contributed by atoms with Crippen LogP contribution in [0.1, 0.15) is 16.8 Å². The van der Waals surface area contributed by atoms with Gasteiger partial charge in [0.25, 0.3) is 5.91 Å². The molecule has 8 heteroatoms. The van der Waals surface area contributed by atoms with Crippen LogP contribution in [0.4, 0.5) is 0 Å². The lowest BCUT2D eigenvalue weighted by Gasteiger charge is -2.23. The molecule has 148 valence electrons. The second kappa shape index (κ2) is 8.43. The Hall–Kier alpha value is -2.87. The van der Waals surface area contributed by atoms with E-state index in [4.69, 9.17) is 9.47 Å². The number of carbonyl (C=O) groups excluding carboxylic acids is 2. The first-order valence-corrected chi connectivity index (χ1v) is 10.6. The predicted molar refractivity (Wildman–Crippen MR) is 103 cm³/mol. The zero-order valence-electron chi connectivity index (χ0n) is 15.4. The summed E-state index contributed by atoms with van der Waals surface area (Å²) >= 11 is 0. The highest BCUT2D eigenvalue weighted by molar-refractivity contribution is 7.91. The zero-order chi connectivity index (χ0) is 20.1. The summed E-state index contributed by atoms with van der Waals surface area (Å²) in [6.07, 6.45) is 0.395. The summed E-state index contributed by atoms with van der Waals surface area (Å²) in [5.74, 6) is -0.234. The van der Waals surface area contributed by atoms with Crippen LogP contribution in [0, 0.1) is 0 Å². The van der Waals surface area contributed by atoms with Gasteiger partial charge in [-0.25, -0.2) is 13.2 Å². The van der Waals surface area contributed by atoms with E-state index in [9.17, 15) is 18.0 Å². The minimum absolute atomic E-state index is 0.0586. The van der Waals surface area contributed by atoms with Gasteiger partial charge in [-0.15, -0.1) is 0 Å². The van der Waals surface area contributed by atoms with Gasteiger partial charge in [-0.1, -0.05) is 30.3 Å². The lowest BCUT2D eigenvalue weighted by atomic mass is 10.2. The van der Waals surface area contributed by atoms with Gasteiger partial charge in [0.05, 0.1) is 11.5 Å². The Morgan fingerprint density at radius 1 is 1.07 bits per heavy atom. The molecule has 3 rings (SSSR count). The lowest BCUT2D eigenvalue weighted by molar-refractivity contribution is -0.134. The van der Waals surface area contributed by atoms with Crippen LogP contribution in [0.15, 0.2) is 54.6 Å². The van der Waals surface area contributed by atoms with Gasteiger partial charge in [-0.2, -0.15) is 0 Å². The number of rotatable bonds is 6. The Morgan fingerprint density at radius 3 is 2.43 bits per heavy atom.